The second-order valence-electron chi connectivity index (χ2n) is 13.9. The van der Waals surface area contributed by atoms with Gasteiger partial charge in [-0.2, -0.15) is 13.2 Å². The Morgan fingerprint density at radius 1 is 0.939 bits per heavy atom. The summed E-state index contributed by atoms with van der Waals surface area (Å²) < 4.78 is 41.4. The van der Waals surface area contributed by atoms with E-state index < -0.39 is 23.3 Å². The van der Waals surface area contributed by atoms with E-state index in [1.165, 1.54) is 6.07 Å². The average molecular weight is 704 g/mol. The summed E-state index contributed by atoms with van der Waals surface area (Å²) in [6.45, 7) is 6.36. The molecule has 1 atom stereocenters. The maximum Gasteiger partial charge on any atom is 0.418 e. The van der Waals surface area contributed by atoms with Gasteiger partial charge in [-0.25, -0.2) is 4.79 Å². The molecule has 3 saturated heterocycles. The molecule has 3 N–H and O–H groups in total. The van der Waals surface area contributed by atoms with Crippen molar-refractivity contribution in [1.29, 1.82) is 0 Å². The predicted molar refractivity (Wildman–Crippen MR) is 182 cm³/mol. The number of piperidine rings is 2. The normalized spacial score (nSPS) is 21.0. The Bertz CT molecular complexity index is 1530. The monoisotopic (exact) mass is 703 g/mol. The number of alkyl halides is 3. The van der Waals surface area contributed by atoms with Crippen LogP contribution in [0.15, 0.2) is 36.4 Å². The molecule has 0 bridgehead atoms. The first-order valence-electron chi connectivity index (χ1n) is 17.2. The maximum atomic E-state index is 14.1. The predicted octanol–water partition coefficient (Wildman–Crippen LogP) is 4.77. The van der Waals surface area contributed by atoms with Gasteiger partial charge in [0.25, 0.3) is 0 Å². The van der Waals surface area contributed by atoms with E-state index in [-0.39, 0.29) is 47.3 Å². The summed E-state index contributed by atoms with van der Waals surface area (Å²) in [5.74, 6) is -1.32. The summed E-state index contributed by atoms with van der Waals surface area (Å²) in [5.41, 5.74) is 6.12. The summed E-state index contributed by atoms with van der Waals surface area (Å²) in [5, 5.41) is 2.72. The fourth-order valence-corrected chi connectivity index (χ4v) is 7.98. The van der Waals surface area contributed by atoms with Crippen LogP contribution in [0, 0.1) is 5.92 Å². The number of nitrogen functional groups attached to an aromatic ring is 1. The molecule has 0 aliphatic carbocycles. The number of urea groups is 1. The molecule has 4 aliphatic rings. The number of nitrogens with two attached hydrogens (primary N) is 1. The minimum absolute atomic E-state index is 0.0471. The highest BCUT2D eigenvalue weighted by Crippen LogP contribution is 2.39. The van der Waals surface area contributed by atoms with Gasteiger partial charge in [-0.3, -0.25) is 14.5 Å². The van der Waals surface area contributed by atoms with E-state index in [0.29, 0.717) is 51.6 Å². The van der Waals surface area contributed by atoms with Crippen LogP contribution < -0.4 is 11.1 Å². The van der Waals surface area contributed by atoms with Gasteiger partial charge in [0.05, 0.1) is 22.2 Å². The number of likely N-dealkylation sites (N-methyl/N-ethyl adjacent to an activating group) is 1. The van der Waals surface area contributed by atoms with Crippen LogP contribution in [0.4, 0.5) is 29.3 Å². The minimum atomic E-state index is -4.72. The second-order valence-corrected chi connectivity index (χ2v) is 14.3. The summed E-state index contributed by atoms with van der Waals surface area (Å²) in [6, 6.07) is 10.2. The van der Waals surface area contributed by atoms with Gasteiger partial charge in [-0.15, -0.1) is 0 Å². The van der Waals surface area contributed by atoms with Crippen molar-refractivity contribution in [3.63, 3.8) is 0 Å². The summed E-state index contributed by atoms with van der Waals surface area (Å²) in [7, 11) is 2.11. The molecule has 3 fully saturated rings. The van der Waals surface area contributed by atoms with Crippen LogP contribution in [-0.2, 0) is 28.7 Å². The molecule has 10 nitrogen and oxygen atoms in total. The van der Waals surface area contributed by atoms with Crippen molar-refractivity contribution in [3.8, 4) is 0 Å². The number of anilines is 2. The first kappa shape index (κ1) is 35.3. The Morgan fingerprint density at radius 3 is 2.24 bits per heavy atom. The summed E-state index contributed by atoms with van der Waals surface area (Å²) in [4.78, 5) is 50.8. The van der Waals surface area contributed by atoms with E-state index in [2.05, 4.69) is 22.2 Å². The van der Waals surface area contributed by atoms with Crippen LogP contribution >= 0.6 is 11.6 Å². The number of hydrogen-bond acceptors (Lipinski definition) is 6. The van der Waals surface area contributed by atoms with Crippen molar-refractivity contribution in [3.05, 3.63) is 58.1 Å². The van der Waals surface area contributed by atoms with Crippen molar-refractivity contribution >= 4 is 40.8 Å². The second kappa shape index (κ2) is 14.7. The SMILES string of the molecule is CN1CCN(C2CCN(C(=O)C(CC(=O)N3CCC(N4Cc5ccccc5NC4=O)CC3)Cc3cc(Cl)c(N)c(C(F)(F)F)c3)CC2)CC1. The van der Waals surface area contributed by atoms with E-state index in [0.717, 1.165) is 56.3 Å². The number of benzene rings is 2. The van der Waals surface area contributed by atoms with Crippen molar-refractivity contribution in [2.45, 2.75) is 63.3 Å². The Kier molecular flexibility index (Phi) is 10.6. The number of nitrogens with zero attached hydrogens (tertiary/aromatic N) is 5. The van der Waals surface area contributed by atoms with Gasteiger partial charge in [0.15, 0.2) is 0 Å². The first-order valence-corrected chi connectivity index (χ1v) is 17.5. The third-order valence-corrected chi connectivity index (χ3v) is 11.0. The number of para-hydroxylation sites is 1. The third kappa shape index (κ3) is 8.10. The fraction of sp³-hybridized carbons (Fsp3) is 0.571. The zero-order chi connectivity index (χ0) is 34.9. The third-order valence-electron chi connectivity index (χ3n) is 10.7. The first-order chi connectivity index (χ1) is 23.4. The largest absolute Gasteiger partial charge is 0.418 e. The molecule has 2 aromatic carbocycles. The number of amides is 4. The number of halogens is 4. The van der Waals surface area contributed by atoms with Gasteiger partial charge in [0.2, 0.25) is 11.8 Å². The molecule has 6 rings (SSSR count). The molecule has 49 heavy (non-hydrogen) atoms. The van der Waals surface area contributed by atoms with E-state index in [1.807, 2.05) is 29.2 Å². The number of fused-ring (bicyclic) bond motifs is 1. The van der Waals surface area contributed by atoms with Crippen molar-refractivity contribution in [2.24, 2.45) is 5.92 Å². The minimum Gasteiger partial charge on any atom is -0.397 e. The van der Waals surface area contributed by atoms with Gasteiger partial charge in [-0.1, -0.05) is 29.8 Å². The lowest BCUT2D eigenvalue weighted by atomic mass is 9.91. The average Bonchev–Trinajstić information content (AvgIpc) is 3.09. The zero-order valence-electron chi connectivity index (χ0n) is 27.9. The number of nitrogens with one attached hydrogen (secondary N) is 1. The van der Waals surface area contributed by atoms with Gasteiger partial charge >= 0.3 is 12.2 Å². The molecule has 0 spiro atoms. The molecular weight excluding hydrogens is 659 g/mol. The van der Waals surface area contributed by atoms with Gasteiger partial charge < -0.3 is 30.7 Å². The van der Waals surface area contributed by atoms with E-state index in [9.17, 15) is 27.6 Å². The van der Waals surface area contributed by atoms with Crippen LogP contribution in [0.25, 0.3) is 0 Å². The standard InChI is InChI=1S/C35H45ClF3N7O3/c1-42-14-16-43(17-15-42)26-6-12-45(13-7-26)33(48)25(18-23-19-28(35(37,38)39)32(40)29(36)20-23)21-31(47)44-10-8-27(9-11-44)46-22-24-4-2-3-5-30(24)41-34(46)49/h2-5,19-20,25-27H,6-18,21-22,40H2,1H3,(H,41,49). The highest BCUT2D eigenvalue weighted by molar-refractivity contribution is 6.33. The lowest BCUT2D eigenvalue weighted by Crippen LogP contribution is -2.54. The highest BCUT2D eigenvalue weighted by Gasteiger charge is 2.38. The van der Waals surface area contributed by atoms with Crippen LogP contribution in [-0.4, -0.2) is 114 Å². The molecule has 4 amide bonds. The van der Waals surface area contributed by atoms with Crippen LogP contribution in [0.1, 0.15) is 48.8 Å². The topological polar surface area (TPSA) is 105 Å². The van der Waals surface area contributed by atoms with E-state index in [1.54, 1.807) is 9.80 Å². The van der Waals surface area contributed by atoms with Gasteiger partial charge in [0, 0.05) is 83.1 Å². The Hall–Kier alpha value is -3.55. The molecule has 4 heterocycles. The van der Waals surface area contributed by atoms with Gasteiger partial charge in [0.1, 0.15) is 0 Å². The zero-order valence-corrected chi connectivity index (χ0v) is 28.6. The molecule has 0 saturated carbocycles. The van der Waals surface area contributed by atoms with Crippen molar-refractivity contribution in [1.82, 2.24) is 24.5 Å². The van der Waals surface area contributed by atoms with Crippen molar-refractivity contribution < 1.29 is 27.6 Å². The molecular formula is C35H45ClF3N7O3. The lowest BCUT2D eigenvalue weighted by molar-refractivity contribution is -0.143. The molecule has 0 aromatic heterocycles. The van der Waals surface area contributed by atoms with Crippen molar-refractivity contribution in [2.75, 3.05) is 70.5 Å². The molecule has 14 heteroatoms. The number of carbonyl (C=O) groups is 3. The number of likely N-dealkylation sites (tertiary alicyclic amines) is 2. The number of rotatable bonds is 7. The maximum absolute atomic E-state index is 14.1. The number of hydrogen-bond donors (Lipinski definition) is 2. The molecule has 4 aliphatic heterocycles. The Morgan fingerprint density at radius 2 is 1.57 bits per heavy atom. The number of piperazine rings is 1. The molecule has 266 valence electrons. The smallest absolute Gasteiger partial charge is 0.397 e. The van der Waals surface area contributed by atoms with Crippen LogP contribution in [0.5, 0.6) is 0 Å². The lowest BCUT2D eigenvalue weighted by Gasteiger charge is -2.43. The quantitative estimate of drug-likeness (QED) is 0.403. The molecule has 2 aromatic rings. The highest BCUT2D eigenvalue weighted by atomic mass is 35.5. The number of carbonyl (C=O) groups excluding carboxylic acids is 3. The Labute approximate surface area is 290 Å². The molecule has 0 radical (unpaired) electrons. The summed E-state index contributed by atoms with van der Waals surface area (Å²) in [6.07, 6.45) is -2.14. The molecule has 1 unspecified atom stereocenters. The van der Waals surface area contributed by atoms with Crippen LogP contribution in [0.2, 0.25) is 5.02 Å². The van der Waals surface area contributed by atoms with E-state index in [4.69, 9.17) is 17.3 Å². The fourth-order valence-electron chi connectivity index (χ4n) is 7.74. The van der Waals surface area contributed by atoms with E-state index >= 15 is 0 Å². The Balaban J connectivity index is 1.13. The van der Waals surface area contributed by atoms with Crippen LogP contribution in [0.3, 0.4) is 0 Å². The summed E-state index contributed by atoms with van der Waals surface area (Å²) >= 11 is 6.14. The van der Waals surface area contributed by atoms with Gasteiger partial charge in [-0.05, 0) is 68.5 Å².